The molecule has 2 bridgehead atoms. The summed E-state index contributed by atoms with van der Waals surface area (Å²) in [5, 5.41) is 4.59. The Kier molecular flexibility index (Phi) is 5.10. The first kappa shape index (κ1) is 19.6. The highest BCUT2D eigenvalue weighted by molar-refractivity contribution is 5.94. The van der Waals surface area contributed by atoms with Gasteiger partial charge in [-0.25, -0.2) is 4.98 Å². The van der Waals surface area contributed by atoms with Crippen LogP contribution in [0, 0.1) is 0 Å². The molecule has 2 saturated heterocycles. The van der Waals surface area contributed by atoms with Gasteiger partial charge in [0.2, 0.25) is 5.88 Å². The summed E-state index contributed by atoms with van der Waals surface area (Å²) in [4.78, 5) is 19.8. The molecule has 7 nitrogen and oxygen atoms in total. The summed E-state index contributed by atoms with van der Waals surface area (Å²) in [5.41, 5.74) is 2.31. The van der Waals surface area contributed by atoms with Gasteiger partial charge < -0.3 is 14.4 Å². The van der Waals surface area contributed by atoms with Gasteiger partial charge in [0.05, 0.1) is 12.8 Å². The number of nitrogens with zero attached hydrogens (tertiary/aromatic N) is 4. The van der Waals surface area contributed by atoms with E-state index in [0.717, 1.165) is 42.7 Å². The standard InChI is InChI=1S/C24H26N4O3/c1-27-22(15-21(26-27)16-6-5-7-19(12-16)30-2)24(29)28-17-9-10-18(28)14-20(13-17)31-23-8-3-4-11-25-23/h3-8,11-12,15,17-18,20H,9-10,13-14H2,1-2H3. The first-order chi connectivity index (χ1) is 15.1. The van der Waals surface area contributed by atoms with E-state index in [1.165, 1.54) is 0 Å². The number of methoxy groups -OCH3 is 1. The van der Waals surface area contributed by atoms with E-state index in [0.29, 0.717) is 11.6 Å². The Labute approximate surface area is 181 Å². The van der Waals surface area contributed by atoms with E-state index >= 15 is 0 Å². The molecular formula is C24H26N4O3. The SMILES string of the molecule is COc1cccc(-c2cc(C(=O)N3C4CCC3CC(Oc3ccccn3)C4)n(C)n2)c1. The fourth-order valence-corrected chi connectivity index (χ4v) is 4.87. The maximum Gasteiger partial charge on any atom is 0.272 e. The predicted octanol–water partition coefficient (Wildman–Crippen LogP) is 3.71. The highest BCUT2D eigenvalue weighted by Crippen LogP contribution is 2.38. The highest BCUT2D eigenvalue weighted by Gasteiger charge is 2.45. The van der Waals surface area contributed by atoms with Crippen molar-refractivity contribution in [3.05, 3.63) is 60.4 Å². The molecule has 2 aromatic heterocycles. The molecule has 3 aromatic rings. The molecule has 2 aliphatic rings. The van der Waals surface area contributed by atoms with E-state index in [1.54, 1.807) is 18.0 Å². The Bertz CT molecular complexity index is 1070. The zero-order valence-corrected chi connectivity index (χ0v) is 17.8. The molecule has 160 valence electrons. The van der Waals surface area contributed by atoms with Crippen LogP contribution in [0.3, 0.4) is 0 Å². The lowest BCUT2D eigenvalue weighted by molar-refractivity contribution is 0.0339. The summed E-state index contributed by atoms with van der Waals surface area (Å²) in [5.74, 6) is 1.47. The number of hydrogen-bond donors (Lipinski definition) is 0. The van der Waals surface area contributed by atoms with Gasteiger partial charge in [-0.3, -0.25) is 9.48 Å². The number of aryl methyl sites for hydroxylation is 1. The minimum atomic E-state index is 0.0490. The van der Waals surface area contributed by atoms with Crippen LogP contribution in [-0.2, 0) is 7.05 Å². The average Bonchev–Trinajstić information content (AvgIpc) is 3.31. The van der Waals surface area contributed by atoms with Crippen LogP contribution >= 0.6 is 0 Å². The van der Waals surface area contributed by atoms with Crippen molar-refractivity contribution in [1.29, 1.82) is 0 Å². The van der Waals surface area contributed by atoms with Crippen LogP contribution in [0.2, 0.25) is 0 Å². The quantitative estimate of drug-likeness (QED) is 0.632. The van der Waals surface area contributed by atoms with Gasteiger partial charge in [0.1, 0.15) is 17.5 Å². The summed E-state index contributed by atoms with van der Waals surface area (Å²) in [6.45, 7) is 0. The molecule has 1 amide bonds. The van der Waals surface area contributed by atoms with Crippen molar-refractivity contribution in [2.75, 3.05) is 7.11 Å². The maximum atomic E-state index is 13.5. The normalized spacial score (nSPS) is 22.4. The topological polar surface area (TPSA) is 69.5 Å². The van der Waals surface area contributed by atoms with Crippen molar-refractivity contribution >= 4 is 5.91 Å². The number of piperidine rings is 1. The number of hydrogen-bond acceptors (Lipinski definition) is 5. The predicted molar refractivity (Wildman–Crippen MR) is 116 cm³/mol. The van der Waals surface area contributed by atoms with Crippen molar-refractivity contribution in [3.8, 4) is 22.9 Å². The Morgan fingerprint density at radius 2 is 1.87 bits per heavy atom. The second-order valence-electron chi connectivity index (χ2n) is 8.25. The summed E-state index contributed by atoms with van der Waals surface area (Å²) in [6, 6.07) is 15.7. The molecule has 2 atom stereocenters. The first-order valence-electron chi connectivity index (χ1n) is 10.7. The van der Waals surface area contributed by atoms with Crippen LogP contribution in [0.1, 0.15) is 36.2 Å². The second-order valence-corrected chi connectivity index (χ2v) is 8.25. The van der Waals surface area contributed by atoms with Crippen molar-refractivity contribution in [3.63, 3.8) is 0 Å². The largest absolute Gasteiger partial charge is 0.497 e. The number of amides is 1. The minimum Gasteiger partial charge on any atom is -0.497 e. The summed E-state index contributed by atoms with van der Waals surface area (Å²) < 4.78 is 13.1. The molecule has 2 aliphatic heterocycles. The monoisotopic (exact) mass is 418 g/mol. The van der Waals surface area contributed by atoms with E-state index in [9.17, 15) is 4.79 Å². The Morgan fingerprint density at radius 1 is 1.06 bits per heavy atom. The molecule has 2 fully saturated rings. The van der Waals surface area contributed by atoms with Gasteiger partial charge in [0.15, 0.2) is 0 Å². The molecule has 7 heteroatoms. The summed E-state index contributed by atoms with van der Waals surface area (Å²) in [7, 11) is 3.47. The fourth-order valence-electron chi connectivity index (χ4n) is 4.87. The Hall–Kier alpha value is -3.35. The Morgan fingerprint density at radius 3 is 2.58 bits per heavy atom. The van der Waals surface area contributed by atoms with Gasteiger partial charge in [-0.1, -0.05) is 18.2 Å². The van der Waals surface area contributed by atoms with Gasteiger partial charge in [-0.05, 0) is 37.1 Å². The lowest BCUT2D eigenvalue weighted by atomic mass is 9.99. The van der Waals surface area contributed by atoms with Gasteiger partial charge in [0.25, 0.3) is 5.91 Å². The number of rotatable bonds is 5. The van der Waals surface area contributed by atoms with Gasteiger partial charge in [0, 0.05) is 49.8 Å². The first-order valence-corrected chi connectivity index (χ1v) is 10.7. The number of benzene rings is 1. The van der Waals surface area contributed by atoms with Crippen molar-refractivity contribution < 1.29 is 14.3 Å². The van der Waals surface area contributed by atoms with Crippen LogP contribution in [0.25, 0.3) is 11.3 Å². The molecule has 2 unspecified atom stereocenters. The van der Waals surface area contributed by atoms with Gasteiger partial charge in [-0.2, -0.15) is 5.10 Å². The minimum absolute atomic E-state index is 0.0490. The molecule has 0 spiro atoms. The van der Waals surface area contributed by atoms with E-state index in [1.807, 2.05) is 55.6 Å². The highest BCUT2D eigenvalue weighted by atomic mass is 16.5. The smallest absolute Gasteiger partial charge is 0.272 e. The number of ether oxygens (including phenoxy) is 2. The van der Waals surface area contributed by atoms with E-state index in [2.05, 4.69) is 15.0 Å². The number of carbonyl (C=O) groups is 1. The van der Waals surface area contributed by atoms with Crippen LogP contribution < -0.4 is 9.47 Å². The molecule has 0 radical (unpaired) electrons. The maximum absolute atomic E-state index is 13.5. The molecule has 5 rings (SSSR count). The average molecular weight is 418 g/mol. The van der Waals surface area contributed by atoms with Crippen LogP contribution in [0.15, 0.2) is 54.7 Å². The van der Waals surface area contributed by atoms with Gasteiger partial charge in [-0.15, -0.1) is 0 Å². The van der Waals surface area contributed by atoms with Crippen LogP contribution in [0.4, 0.5) is 0 Å². The van der Waals surface area contributed by atoms with Gasteiger partial charge >= 0.3 is 0 Å². The van der Waals surface area contributed by atoms with E-state index < -0.39 is 0 Å². The lowest BCUT2D eigenvalue weighted by Crippen LogP contribution is -2.49. The number of pyridine rings is 1. The summed E-state index contributed by atoms with van der Waals surface area (Å²) in [6.07, 6.45) is 5.53. The molecule has 0 saturated carbocycles. The molecular weight excluding hydrogens is 392 g/mol. The second kappa shape index (κ2) is 8.06. The number of fused-ring (bicyclic) bond motifs is 2. The van der Waals surface area contributed by atoms with Crippen molar-refractivity contribution in [2.24, 2.45) is 7.05 Å². The fraction of sp³-hybridized carbons (Fsp3) is 0.375. The molecule has 4 heterocycles. The zero-order valence-electron chi connectivity index (χ0n) is 17.8. The van der Waals surface area contributed by atoms with Crippen molar-refractivity contribution in [1.82, 2.24) is 19.7 Å². The Balaban J connectivity index is 1.34. The third-order valence-corrected chi connectivity index (χ3v) is 6.31. The lowest BCUT2D eigenvalue weighted by Gasteiger charge is -2.38. The molecule has 0 aliphatic carbocycles. The third kappa shape index (κ3) is 3.76. The molecule has 31 heavy (non-hydrogen) atoms. The van der Waals surface area contributed by atoms with E-state index in [-0.39, 0.29) is 24.1 Å². The third-order valence-electron chi connectivity index (χ3n) is 6.31. The molecule has 0 N–H and O–H groups in total. The van der Waals surface area contributed by atoms with Crippen molar-refractivity contribution in [2.45, 2.75) is 43.9 Å². The number of carbonyl (C=O) groups excluding carboxylic acids is 1. The van der Waals surface area contributed by atoms with E-state index in [4.69, 9.17) is 9.47 Å². The number of aromatic nitrogens is 3. The van der Waals surface area contributed by atoms with Crippen LogP contribution in [0.5, 0.6) is 11.6 Å². The molecule has 1 aromatic carbocycles. The summed E-state index contributed by atoms with van der Waals surface area (Å²) >= 11 is 0. The zero-order chi connectivity index (χ0) is 21.4. The van der Waals surface area contributed by atoms with Crippen LogP contribution in [-0.4, -0.2) is 50.9 Å².